The maximum Gasteiger partial charge on any atom is 0.0397 e. The average molecular weight is 255 g/mol. The molecule has 1 fully saturated rings. The zero-order valence-corrected chi connectivity index (χ0v) is 12.8. The third kappa shape index (κ3) is 3.69. The molecular formula is C15H33N3. The Hall–Kier alpha value is -0.120. The summed E-state index contributed by atoms with van der Waals surface area (Å²) in [5.41, 5.74) is 3.41. The van der Waals surface area contributed by atoms with Crippen molar-refractivity contribution in [3.05, 3.63) is 0 Å². The quantitative estimate of drug-likeness (QED) is 0.543. The first-order valence-corrected chi connectivity index (χ1v) is 7.70. The summed E-state index contributed by atoms with van der Waals surface area (Å²) in [7, 11) is 4.44. The summed E-state index contributed by atoms with van der Waals surface area (Å²) in [6.45, 7) is 4.63. The van der Waals surface area contributed by atoms with Crippen LogP contribution in [0, 0.1) is 5.92 Å². The molecule has 1 saturated carbocycles. The van der Waals surface area contributed by atoms with E-state index < -0.39 is 0 Å². The third-order valence-electron chi connectivity index (χ3n) is 4.88. The van der Waals surface area contributed by atoms with Crippen LogP contribution in [-0.2, 0) is 0 Å². The summed E-state index contributed by atoms with van der Waals surface area (Å²) in [5, 5.41) is 0. The summed E-state index contributed by atoms with van der Waals surface area (Å²) in [5.74, 6) is 6.65. The molecule has 2 unspecified atom stereocenters. The molecule has 3 N–H and O–H groups in total. The van der Waals surface area contributed by atoms with Gasteiger partial charge in [-0.05, 0) is 39.3 Å². The van der Waals surface area contributed by atoms with E-state index >= 15 is 0 Å². The van der Waals surface area contributed by atoms with Crippen LogP contribution in [0.15, 0.2) is 0 Å². The lowest BCUT2D eigenvalue weighted by Gasteiger charge is -2.49. The molecule has 1 aliphatic rings. The average Bonchev–Trinajstić information content (AvgIpc) is 2.37. The predicted octanol–water partition coefficient (Wildman–Crippen LogP) is 2.91. The van der Waals surface area contributed by atoms with E-state index in [1.807, 2.05) is 0 Å². The van der Waals surface area contributed by atoms with Gasteiger partial charge in [0.15, 0.2) is 0 Å². The van der Waals surface area contributed by atoms with Gasteiger partial charge in [-0.1, -0.05) is 46.0 Å². The van der Waals surface area contributed by atoms with Crippen molar-refractivity contribution in [3.63, 3.8) is 0 Å². The number of nitrogens with two attached hydrogens (primary N) is 1. The highest BCUT2D eigenvalue weighted by Crippen LogP contribution is 2.37. The number of nitrogens with zero attached hydrogens (tertiary/aromatic N) is 1. The van der Waals surface area contributed by atoms with E-state index in [-0.39, 0.29) is 5.54 Å². The van der Waals surface area contributed by atoms with E-state index in [1.54, 1.807) is 0 Å². The van der Waals surface area contributed by atoms with Crippen LogP contribution in [0.3, 0.4) is 0 Å². The Labute approximate surface area is 113 Å². The molecule has 3 nitrogen and oxygen atoms in total. The van der Waals surface area contributed by atoms with Crippen molar-refractivity contribution < 1.29 is 0 Å². The summed E-state index contributed by atoms with van der Waals surface area (Å²) < 4.78 is 0. The first-order chi connectivity index (χ1) is 8.56. The Morgan fingerprint density at radius 1 is 1.22 bits per heavy atom. The zero-order chi connectivity index (χ0) is 13.6. The molecule has 0 spiro atoms. The summed E-state index contributed by atoms with van der Waals surface area (Å²) in [6, 6.07) is 0.425. The molecule has 0 aliphatic heterocycles. The summed E-state index contributed by atoms with van der Waals surface area (Å²) in [4.78, 5) is 2.43. The number of rotatable bonds is 7. The van der Waals surface area contributed by atoms with Gasteiger partial charge in [0.05, 0.1) is 0 Å². The van der Waals surface area contributed by atoms with E-state index in [1.165, 1.54) is 51.4 Å². The fourth-order valence-corrected chi connectivity index (χ4v) is 3.73. The molecule has 1 aliphatic carbocycles. The molecular weight excluding hydrogens is 222 g/mol. The maximum absolute atomic E-state index is 5.89. The van der Waals surface area contributed by atoms with Gasteiger partial charge >= 0.3 is 0 Å². The van der Waals surface area contributed by atoms with Crippen LogP contribution in [-0.4, -0.2) is 30.6 Å². The number of hydrogen-bond donors (Lipinski definition) is 2. The molecule has 0 amide bonds. The highest BCUT2D eigenvalue weighted by atomic mass is 15.3. The van der Waals surface area contributed by atoms with Gasteiger partial charge in [-0.25, -0.2) is 0 Å². The van der Waals surface area contributed by atoms with Gasteiger partial charge in [0.2, 0.25) is 0 Å². The van der Waals surface area contributed by atoms with Gasteiger partial charge in [0.1, 0.15) is 0 Å². The van der Waals surface area contributed by atoms with Gasteiger partial charge in [-0.15, -0.1) is 0 Å². The van der Waals surface area contributed by atoms with Gasteiger partial charge in [0.25, 0.3) is 0 Å². The molecule has 3 heteroatoms. The van der Waals surface area contributed by atoms with Crippen molar-refractivity contribution in [3.8, 4) is 0 Å². The van der Waals surface area contributed by atoms with Crippen LogP contribution in [0.2, 0.25) is 0 Å². The van der Waals surface area contributed by atoms with E-state index in [0.29, 0.717) is 6.04 Å². The van der Waals surface area contributed by atoms with Gasteiger partial charge in [0, 0.05) is 11.6 Å². The van der Waals surface area contributed by atoms with E-state index in [4.69, 9.17) is 5.84 Å². The van der Waals surface area contributed by atoms with Crippen LogP contribution < -0.4 is 11.3 Å². The van der Waals surface area contributed by atoms with Crippen LogP contribution in [0.5, 0.6) is 0 Å². The molecule has 2 atom stereocenters. The summed E-state index contributed by atoms with van der Waals surface area (Å²) >= 11 is 0. The lowest BCUT2D eigenvalue weighted by atomic mass is 9.73. The van der Waals surface area contributed by atoms with Crippen molar-refractivity contribution in [2.75, 3.05) is 14.1 Å². The van der Waals surface area contributed by atoms with Crippen LogP contribution in [0.25, 0.3) is 0 Å². The second-order valence-electron chi connectivity index (χ2n) is 6.41. The van der Waals surface area contributed by atoms with Gasteiger partial charge in [-0.3, -0.25) is 11.3 Å². The number of likely N-dealkylation sites (N-methyl/N-ethyl adjacent to an activating group) is 1. The highest BCUT2D eigenvalue weighted by molar-refractivity contribution is 5.00. The molecule has 1 rings (SSSR count). The van der Waals surface area contributed by atoms with Crippen molar-refractivity contribution >= 4 is 0 Å². The van der Waals surface area contributed by atoms with Crippen LogP contribution >= 0.6 is 0 Å². The highest BCUT2D eigenvalue weighted by Gasteiger charge is 2.41. The predicted molar refractivity (Wildman–Crippen MR) is 79.3 cm³/mol. The standard InChI is InChI=1S/C15H33N3/c1-5-9-13(2)12-14(17-16)15(18(3)4)10-7-6-8-11-15/h13-14,17H,5-12,16H2,1-4H3. The third-order valence-corrected chi connectivity index (χ3v) is 4.88. The normalized spacial score (nSPS) is 23.0. The minimum Gasteiger partial charge on any atom is -0.302 e. The van der Waals surface area contributed by atoms with Crippen molar-refractivity contribution in [1.82, 2.24) is 10.3 Å². The Balaban J connectivity index is 2.74. The molecule has 0 heterocycles. The second kappa shape index (κ2) is 7.46. The second-order valence-corrected chi connectivity index (χ2v) is 6.41. The largest absolute Gasteiger partial charge is 0.302 e. The molecule has 0 aromatic carbocycles. The molecule has 18 heavy (non-hydrogen) atoms. The Kier molecular flexibility index (Phi) is 6.61. The van der Waals surface area contributed by atoms with Gasteiger partial charge < -0.3 is 4.90 Å². The first-order valence-electron chi connectivity index (χ1n) is 7.70. The monoisotopic (exact) mass is 255 g/mol. The summed E-state index contributed by atoms with van der Waals surface area (Å²) in [6.07, 6.45) is 10.4. The Morgan fingerprint density at radius 2 is 1.83 bits per heavy atom. The van der Waals surface area contributed by atoms with Crippen LogP contribution in [0.4, 0.5) is 0 Å². The van der Waals surface area contributed by atoms with E-state index in [0.717, 1.165) is 5.92 Å². The van der Waals surface area contributed by atoms with Gasteiger partial charge in [-0.2, -0.15) is 0 Å². The fraction of sp³-hybridized carbons (Fsp3) is 1.00. The molecule has 0 saturated heterocycles. The lowest BCUT2D eigenvalue weighted by molar-refractivity contribution is 0.0471. The van der Waals surface area contributed by atoms with Crippen molar-refractivity contribution in [2.24, 2.45) is 11.8 Å². The lowest BCUT2D eigenvalue weighted by Crippen LogP contribution is -2.61. The number of hydrogen-bond acceptors (Lipinski definition) is 3. The van der Waals surface area contributed by atoms with Crippen molar-refractivity contribution in [1.29, 1.82) is 0 Å². The minimum absolute atomic E-state index is 0.273. The molecule has 108 valence electrons. The minimum atomic E-state index is 0.273. The molecule has 0 aromatic rings. The number of hydrazine groups is 1. The van der Waals surface area contributed by atoms with Crippen molar-refractivity contribution in [2.45, 2.75) is 76.8 Å². The SMILES string of the molecule is CCCC(C)CC(NN)C1(N(C)C)CCCCC1. The fourth-order valence-electron chi connectivity index (χ4n) is 3.73. The molecule has 0 bridgehead atoms. The first kappa shape index (κ1) is 15.9. The molecule has 0 radical (unpaired) electrons. The van der Waals surface area contributed by atoms with E-state index in [2.05, 4.69) is 38.3 Å². The molecule has 0 aromatic heterocycles. The number of nitrogens with one attached hydrogen (secondary N) is 1. The zero-order valence-electron chi connectivity index (χ0n) is 12.8. The van der Waals surface area contributed by atoms with Crippen LogP contribution in [0.1, 0.15) is 65.2 Å². The smallest absolute Gasteiger partial charge is 0.0397 e. The maximum atomic E-state index is 5.89. The Morgan fingerprint density at radius 3 is 2.28 bits per heavy atom. The topological polar surface area (TPSA) is 41.3 Å². The Bertz CT molecular complexity index is 222. The van der Waals surface area contributed by atoms with E-state index in [9.17, 15) is 0 Å².